The first kappa shape index (κ1) is 14.3. The third-order valence-electron chi connectivity index (χ3n) is 2.66. The number of benzene rings is 2. The van der Waals surface area contributed by atoms with Crippen LogP contribution in [0.3, 0.4) is 0 Å². The van der Waals surface area contributed by atoms with Gasteiger partial charge in [-0.1, -0.05) is 30.3 Å². The summed E-state index contributed by atoms with van der Waals surface area (Å²) in [5.41, 5.74) is 0. The lowest BCUT2D eigenvalue weighted by molar-refractivity contribution is 0.316. The van der Waals surface area contributed by atoms with E-state index in [4.69, 9.17) is 9.88 Å². The van der Waals surface area contributed by atoms with E-state index in [1.54, 1.807) is 0 Å². The predicted octanol–water partition coefficient (Wildman–Crippen LogP) is 2.66. The quantitative estimate of drug-likeness (QED) is 0.848. The number of halogens is 1. The van der Waals surface area contributed by atoms with Gasteiger partial charge in [0.2, 0.25) is 10.0 Å². The zero-order valence-electron chi connectivity index (χ0n) is 10.2. The third kappa shape index (κ3) is 3.92. The molecule has 6 heteroatoms. The van der Waals surface area contributed by atoms with E-state index in [-0.39, 0.29) is 5.75 Å². The summed E-state index contributed by atoms with van der Waals surface area (Å²) in [5, 5.41) is 7.11. The molecule has 2 aromatic rings. The van der Waals surface area contributed by atoms with Crippen molar-refractivity contribution in [2.45, 2.75) is 6.42 Å². The SMILES string of the molecule is NS(=O)(=O)CCCOc1ccc2ccccc2c1Br. The van der Waals surface area contributed by atoms with Crippen LogP contribution in [0.5, 0.6) is 5.75 Å². The number of nitrogens with two attached hydrogens (primary N) is 1. The molecule has 0 saturated heterocycles. The second kappa shape index (κ2) is 5.90. The van der Waals surface area contributed by atoms with Gasteiger partial charge in [-0.15, -0.1) is 0 Å². The topological polar surface area (TPSA) is 69.4 Å². The number of fused-ring (bicyclic) bond motifs is 1. The van der Waals surface area contributed by atoms with Crippen molar-refractivity contribution in [2.24, 2.45) is 5.14 Å². The summed E-state index contributed by atoms with van der Waals surface area (Å²) in [5.74, 6) is 0.631. The average molecular weight is 344 g/mol. The maximum Gasteiger partial charge on any atom is 0.209 e. The lowest BCUT2D eigenvalue weighted by Crippen LogP contribution is -2.18. The van der Waals surface area contributed by atoms with Crippen LogP contribution in [0.4, 0.5) is 0 Å². The fourth-order valence-corrected chi connectivity index (χ4v) is 2.90. The Morgan fingerprint density at radius 2 is 1.89 bits per heavy atom. The van der Waals surface area contributed by atoms with E-state index >= 15 is 0 Å². The highest BCUT2D eigenvalue weighted by molar-refractivity contribution is 9.10. The van der Waals surface area contributed by atoms with Gasteiger partial charge in [-0.25, -0.2) is 13.6 Å². The van der Waals surface area contributed by atoms with Gasteiger partial charge in [0.05, 0.1) is 16.8 Å². The van der Waals surface area contributed by atoms with Gasteiger partial charge in [0.15, 0.2) is 0 Å². The van der Waals surface area contributed by atoms with E-state index in [0.717, 1.165) is 15.2 Å². The number of hydrogen-bond acceptors (Lipinski definition) is 3. The molecule has 0 aromatic heterocycles. The van der Waals surface area contributed by atoms with E-state index in [9.17, 15) is 8.42 Å². The first-order chi connectivity index (χ1) is 8.97. The number of ether oxygens (including phenoxy) is 1. The number of primary sulfonamides is 1. The van der Waals surface area contributed by atoms with Crippen molar-refractivity contribution in [3.05, 3.63) is 40.9 Å². The van der Waals surface area contributed by atoms with E-state index in [1.807, 2.05) is 36.4 Å². The molecule has 0 aliphatic rings. The van der Waals surface area contributed by atoms with Crippen molar-refractivity contribution < 1.29 is 13.2 Å². The standard InChI is InChI=1S/C13H14BrNO3S/c14-13-11-5-2-1-4-10(11)6-7-12(13)18-8-3-9-19(15,16)17/h1-2,4-7H,3,8-9H2,(H2,15,16,17). The van der Waals surface area contributed by atoms with Crippen LogP contribution in [0.1, 0.15) is 6.42 Å². The largest absolute Gasteiger partial charge is 0.492 e. The molecular weight excluding hydrogens is 330 g/mol. The number of sulfonamides is 1. The maximum absolute atomic E-state index is 10.8. The Hall–Kier alpha value is -1.11. The van der Waals surface area contributed by atoms with Gasteiger partial charge >= 0.3 is 0 Å². The molecule has 2 N–H and O–H groups in total. The van der Waals surface area contributed by atoms with Crippen molar-refractivity contribution in [1.82, 2.24) is 0 Å². The zero-order valence-corrected chi connectivity index (χ0v) is 12.6. The lowest BCUT2D eigenvalue weighted by Gasteiger charge is -2.10. The summed E-state index contributed by atoms with van der Waals surface area (Å²) < 4.78 is 28.0. The second-order valence-electron chi connectivity index (χ2n) is 4.17. The van der Waals surface area contributed by atoms with Gasteiger partial charge in [0.25, 0.3) is 0 Å². The number of rotatable bonds is 5. The van der Waals surface area contributed by atoms with Crippen LogP contribution < -0.4 is 9.88 Å². The molecule has 0 spiro atoms. The molecule has 0 unspecified atom stereocenters. The van der Waals surface area contributed by atoms with Crippen LogP contribution in [0.25, 0.3) is 10.8 Å². The van der Waals surface area contributed by atoms with Gasteiger partial charge in [0, 0.05) is 0 Å². The van der Waals surface area contributed by atoms with E-state index in [0.29, 0.717) is 18.8 Å². The van der Waals surface area contributed by atoms with Crippen LogP contribution >= 0.6 is 15.9 Å². The average Bonchev–Trinajstić information content (AvgIpc) is 2.36. The van der Waals surface area contributed by atoms with Crippen molar-refractivity contribution in [2.75, 3.05) is 12.4 Å². The molecule has 19 heavy (non-hydrogen) atoms. The fourth-order valence-electron chi connectivity index (χ4n) is 1.77. The molecule has 0 aliphatic carbocycles. The van der Waals surface area contributed by atoms with Crippen molar-refractivity contribution in [1.29, 1.82) is 0 Å². The monoisotopic (exact) mass is 343 g/mol. The van der Waals surface area contributed by atoms with Gasteiger partial charge in [-0.05, 0) is 39.2 Å². The molecule has 4 nitrogen and oxygen atoms in total. The summed E-state index contributed by atoms with van der Waals surface area (Å²) in [6.45, 7) is 0.313. The van der Waals surface area contributed by atoms with Gasteiger partial charge in [0.1, 0.15) is 5.75 Å². The van der Waals surface area contributed by atoms with Crippen LogP contribution in [0.2, 0.25) is 0 Å². The minimum absolute atomic E-state index is 0.0712. The molecule has 0 atom stereocenters. The summed E-state index contributed by atoms with van der Waals surface area (Å²) >= 11 is 3.51. The molecule has 0 fully saturated rings. The van der Waals surface area contributed by atoms with E-state index < -0.39 is 10.0 Å². The summed E-state index contributed by atoms with van der Waals surface area (Å²) in [6, 6.07) is 11.8. The third-order valence-corrected chi connectivity index (χ3v) is 4.33. The van der Waals surface area contributed by atoms with Crippen molar-refractivity contribution in [3.63, 3.8) is 0 Å². The highest BCUT2D eigenvalue weighted by atomic mass is 79.9. The molecule has 2 aromatic carbocycles. The van der Waals surface area contributed by atoms with Crippen molar-refractivity contribution >= 4 is 36.7 Å². The Kier molecular flexibility index (Phi) is 4.44. The molecular formula is C13H14BrNO3S. The van der Waals surface area contributed by atoms with Crippen LogP contribution in [-0.2, 0) is 10.0 Å². The molecule has 0 amide bonds. The molecule has 0 radical (unpaired) electrons. The van der Waals surface area contributed by atoms with Gasteiger partial charge < -0.3 is 4.74 Å². The van der Waals surface area contributed by atoms with Crippen LogP contribution in [0.15, 0.2) is 40.9 Å². The molecule has 0 heterocycles. The van der Waals surface area contributed by atoms with Crippen LogP contribution in [-0.4, -0.2) is 20.8 Å². The van der Waals surface area contributed by atoms with E-state index in [2.05, 4.69) is 15.9 Å². The normalized spacial score (nSPS) is 11.7. The zero-order chi connectivity index (χ0) is 13.9. The highest BCUT2D eigenvalue weighted by Gasteiger charge is 2.07. The lowest BCUT2D eigenvalue weighted by atomic mass is 10.1. The van der Waals surface area contributed by atoms with Crippen LogP contribution in [0, 0.1) is 0 Å². The summed E-state index contributed by atoms with van der Waals surface area (Å²) in [7, 11) is -3.42. The fraction of sp³-hybridized carbons (Fsp3) is 0.231. The maximum atomic E-state index is 10.8. The molecule has 0 aliphatic heterocycles. The first-order valence-corrected chi connectivity index (χ1v) is 8.29. The minimum Gasteiger partial charge on any atom is -0.492 e. The Bertz CT molecular complexity index is 685. The summed E-state index contributed by atoms with van der Waals surface area (Å²) in [6.07, 6.45) is 0.373. The Balaban J connectivity index is 2.07. The molecule has 102 valence electrons. The van der Waals surface area contributed by atoms with E-state index in [1.165, 1.54) is 0 Å². The van der Waals surface area contributed by atoms with Crippen molar-refractivity contribution in [3.8, 4) is 5.75 Å². The Morgan fingerprint density at radius 1 is 1.16 bits per heavy atom. The molecule has 0 bridgehead atoms. The Labute approximate surface area is 120 Å². The van der Waals surface area contributed by atoms with Gasteiger partial charge in [-0.3, -0.25) is 0 Å². The molecule has 0 saturated carbocycles. The molecule has 2 rings (SSSR count). The predicted molar refractivity (Wildman–Crippen MR) is 79.7 cm³/mol. The second-order valence-corrected chi connectivity index (χ2v) is 6.69. The first-order valence-electron chi connectivity index (χ1n) is 5.78. The van der Waals surface area contributed by atoms with Gasteiger partial charge in [-0.2, -0.15) is 0 Å². The highest BCUT2D eigenvalue weighted by Crippen LogP contribution is 2.32. The minimum atomic E-state index is -3.42. The smallest absolute Gasteiger partial charge is 0.209 e. The summed E-state index contributed by atoms with van der Waals surface area (Å²) in [4.78, 5) is 0. The Morgan fingerprint density at radius 3 is 2.63 bits per heavy atom. The number of hydrogen-bond donors (Lipinski definition) is 1.